The predicted octanol–water partition coefficient (Wildman–Crippen LogP) is 3.06. The summed E-state index contributed by atoms with van der Waals surface area (Å²) in [5, 5.41) is 10.3. The smallest absolute Gasteiger partial charge is 0.123 e. The molecule has 0 saturated heterocycles. The fourth-order valence-corrected chi connectivity index (χ4v) is 2.53. The molecular weight excluding hydrogens is 318 g/mol. The minimum Gasteiger partial charge on any atom is -0.496 e. The molecule has 0 saturated carbocycles. The second-order valence-corrected chi connectivity index (χ2v) is 5.58. The fourth-order valence-electron chi connectivity index (χ4n) is 2.16. The Morgan fingerprint density at radius 2 is 1.90 bits per heavy atom. The van der Waals surface area contributed by atoms with Crippen molar-refractivity contribution >= 4 is 15.9 Å². The third-order valence-corrected chi connectivity index (χ3v) is 3.75. The average molecular weight is 336 g/mol. The van der Waals surface area contributed by atoms with Crippen LogP contribution in [0, 0.1) is 0 Å². The van der Waals surface area contributed by atoms with Crippen molar-refractivity contribution in [2.24, 2.45) is 5.73 Å². The number of benzene rings is 2. The number of aliphatic hydroxyl groups is 1. The topological polar surface area (TPSA) is 55.5 Å². The number of rotatable bonds is 5. The van der Waals surface area contributed by atoms with E-state index in [-0.39, 0.29) is 0 Å². The number of hydrogen-bond donors (Lipinski definition) is 2. The Labute approximate surface area is 127 Å². The van der Waals surface area contributed by atoms with Gasteiger partial charge in [-0.1, -0.05) is 46.3 Å². The third-order valence-electron chi connectivity index (χ3n) is 3.25. The van der Waals surface area contributed by atoms with Gasteiger partial charge in [0, 0.05) is 16.5 Å². The van der Waals surface area contributed by atoms with Gasteiger partial charge in [-0.05, 0) is 23.8 Å². The van der Waals surface area contributed by atoms with Gasteiger partial charge in [0.1, 0.15) is 5.75 Å². The number of ether oxygens (including phenoxy) is 1. The zero-order valence-corrected chi connectivity index (χ0v) is 12.9. The van der Waals surface area contributed by atoms with Crippen molar-refractivity contribution in [3.8, 4) is 5.75 Å². The van der Waals surface area contributed by atoms with E-state index in [0.717, 1.165) is 15.6 Å². The fraction of sp³-hybridized carbons (Fsp3) is 0.250. The maximum Gasteiger partial charge on any atom is 0.123 e. The van der Waals surface area contributed by atoms with Crippen LogP contribution in [-0.4, -0.2) is 18.3 Å². The standard InChI is InChI=1S/C16H18BrNO2/c1-20-15-8-7-12(17)10-13(15)16(18)14(19)9-11-5-3-2-4-6-11/h2-8,10,14,16,19H,9,18H2,1H3/t14-,16+/m1/s1. The van der Waals surface area contributed by atoms with Gasteiger partial charge in [-0.2, -0.15) is 0 Å². The third kappa shape index (κ3) is 3.60. The van der Waals surface area contributed by atoms with Crippen molar-refractivity contribution in [2.45, 2.75) is 18.6 Å². The normalized spacial score (nSPS) is 13.8. The lowest BCUT2D eigenvalue weighted by molar-refractivity contribution is 0.143. The van der Waals surface area contributed by atoms with Gasteiger partial charge in [0.25, 0.3) is 0 Å². The molecule has 0 aliphatic carbocycles. The van der Waals surface area contributed by atoms with Crippen LogP contribution >= 0.6 is 15.9 Å². The summed E-state index contributed by atoms with van der Waals surface area (Å²) in [5.41, 5.74) is 8.04. The summed E-state index contributed by atoms with van der Waals surface area (Å²) in [7, 11) is 1.60. The minimum atomic E-state index is -0.666. The summed E-state index contributed by atoms with van der Waals surface area (Å²) in [5.74, 6) is 0.688. The number of methoxy groups -OCH3 is 1. The van der Waals surface area contributed by atoms with Crippen molar-refractivity contribution in [1.29, 1.82) is 0 Å². The molecule has 0 fully saturated rings. The summed E-state index contributed by atoms with van der Waals surface area (Å²) in [6.07, 6.45) is -0.155. The Hall–Kier alpha value is -1.36. The molecule has 106 valence electrons. The second-order valence-electron chi connectivity index (χ2n) is 4.67. The van der Waals surface area contributed by atoms with Crippen LogP contribution < -0.4 is 10.5 Å². The summed E-state index contributed by atoms with van der Waals surface area (Å²) >= 11 is 3.42. The van der Waals surface area contributed by atoms with Gasteiger partial charge in [-0.3, -0.25) is 0 Å². The van der Waals surface area contributed by atoms with E-state index in [1.54, 1.807) is 7.11 Å². The molecule has 2 aromatic rings. The van der Waals surface area contributed by atoms with Crippen molar-refractivity contribution in [1.82, 2.24) is 0 Å². The van der Waals surface area contributed by atoms with Crippen LogP contribution in [0.5, 0.6) is 5.75 Å². The van der Waals surface area contributed by atoms with Gasteiger partial charge in [0.2, 0.25) is 0 Å². The molecule has 2 rings (SSSR count). The van der Waals surface area contributed by atoms with Crippen LogP contribution in [-0.2, 0) is 6.42 Å². The Bertz CT molecular complexity index is 560. The van der Waals surface area contributed by atoms with E-state index in [1.807, 2.05) is 48.5 Å². The lowest BCUT2D eigenvalue weighted by Crippen LogP contribution is -2.28. The van der Waals surface area contributed by atoms with E-state index in [2.05, 4.69) is 15.9 Å². The molecule has 0 aliphatic rings. The molecule has 20 heavy (non-hydrogen) atoms. The zero-order chi connectivity index (χ0) is 14.5. The van der Waals surface area contributed by atoms with E-state index in [4.69, 9.17) is 10.5 Å². The molecule has 4 heteroatoms. The summed E-state index contributed by atoms with van der Waals surface area (Å²) in [4.78, 5) is 0. The minimum absolute atomic E-state index is 0.498. The number of halogens is 1. The van der Waals surface area contributed by atoms with Crippen molar-refractivity contribution in [2.75, 3.05) is 7.11 Å². The predicted molar refractivity (Wildman–Crippen MR) is 83.8 cm³/mol. The summed E-state index contributed by atoms with van der Waals surface area (Å²) in [6, 6.07) is 14.9. The molecule has 0 aliphatic heterocycles. The molecule has 0 aromatic heterocycles. The molecule has 0 bridgehead atoms. The maximum absolute atomic E-state index is 10.3. The maximum atomic E-state index is 10.3. The van der Waals surface area contributed by atoms with Crippen molar-refractivity contribution < 1.29 is 9.84 Å². The molecule has 3 N–H and O–H groups in total. The Morgan fingerprint density at radius 1 is 1.20 bits per heavy atom. The molecule has 3 nitrogen and oxygen atoms in total. The number of nitrogens with two attached hydrogens (primary N) is 1. The van der Waals surface area contributed by atoms with Gasteiger partial charge < -0.3 is 15.6 Å². The first kappa shape index (κ1) is 15.0. The lowest BCUT2D eigenvalue weighted by atomic mass is 9.96. The van der Waals surface area contributed by atoms with Crippen LogP contribution in [0.1, 0.15) is 17.2 Å². The molecule has 0 spiro atoms. The molecule has 0 unspecified atom stereocenters. The van der Waals surface area contributed by atoms with Crippen molar-refractivity contribution in [3.05, 3.63) is 64.1 Å². The first-order valence-corrected chi connectivity index (χ1v) is 7.22. The Kier molecular flexibility index (Phi) is 5.17. The zero-order valence-electron chi connectivity index (χ0n) is 11.3. The van der Waals surface area contributed by atoms with Gasteiger partial charge in [0.05, 0.1) is 19.3 Å². The van der Waals surface area contributed by atoms with Crippen LogP contribution in [0.3, 0.4) is 0 Å². The van der Waals surface area contributed by atoms with Gasteiger partial charge in [-0.15, -0.1) is 0 Å². The largest absolute Gasteiger partial charge is 0.496 e. The van der Waals surface area contributed by atoms with Crippen LogP contribution in [0.15, 0.2) is 53.0 Å². The Morgan fingerprint density at radius 3 is 2.55 bits per heavy atom. The van der Waals surface area contributed by atoms with Gasteiger partial charge >= 0.3 is 0 Å². The summed E-state index contributed by atoms with van der Waals surface area (Å²) < 4.78 is 6.22. The first-order valence-electron chi connectivity index (χ1n) is 6.43. The number of hydrogen-bond acceptors (Lipinski definition) is 3. The van der Waals surface area contributed by atoms with E-state index in [1.165, 1.54) is 0 Å². The average Bonchev–Trinajstić information content (AvgIpc) is 2.47. The van der Waals surface area contributed by atoms with Crippen molar-refractivity contribution in [3.63, 3.8) is 0 Å². The highest BCUT2D eigenvalue weighted by atomic mass is 79.9. The molecule has 0 amide bonds. The van der Waals surface area contributed by atoms with E-state index in [9.17, 15) is 5.11 Å². The SMILES string of the molecule is COc1ccc(Br)cc1[C@H](N)[C@H](O)Cc1ccccc1. The van der Waals surface area contributed by atoms with E-state index in [0.29, 0.717) is 12.2 Å². The number of aliphatic hydroxyl groups excluding tert-OH is 1. The van der Waals surface area contributed by atoms with Crippen LogP contribution in [0.25, 0.3) is 0 Å². The van der Waals surface area contributed by atoms with E-state index < -0.39 is 12.1 Å². The second kappa shape index (κ2) is 6.88. The summed E-state index contributed by atoms with van der Waals surface area (Å²) in [6.45, 7) is 0. The highest BCUT2D eigenvalue weighted by Crippen LogP contribution is 2.29. The van der Waals surface area contributed by atoms with Crippen LogP contribution in [0.2, 0.25) is 0 Å². The monoisotopic (exact) mass is 335 g/mol. The molecular formula is C16H18BrNO2. The molecule has 0 heterocycles. The van der Waals surface area contributed by atoms with E-state index >= 15 is 0 Å². The highest BCUT2D eigenvalue weighted by molar-refractivity contribution is 9.10. The van der Waals surface area contributed by atoms with Gasteiger partial charge in [0.15, 0.2) is 0 Å². The van der Waals surface area contributed by atoms with Gasteiger partial charge in [-0.25, -0.2) is 0 Å². The lowest BCUT2D eigenvalue weighted by Gasteiger charge is -2.21. The molecule has 2 atom stereocenters. The highest BCUT2D eigenvalue weighted by Gasteiger charge is 2.21. The quantitative estimate of drug-likeness (QED) is 0.882. The first-order chi connectivity index (χ1) is 9.61. The molecule has 2 aromatic carbocycles. The van der Waals surface area contributed by atoms with Crippen LogP contribution in [0.4, 0.5) is 0 Å². The molecule has 0 radical (unpaired) electrons. The Balaban J connectivity index is 2.18.